The number of pyridine rings is 1. The van der Waals surface area contributed by atoms with Gasteiger partial charge in [0.05, 0.1) is 0 Å². The van der Waals surface area contributed by atoms with E-state index < -0.39 is 0 Å². The van der Waals surface area contributed by atoms with Crippen LogP contribution in [0.3, 0.4) is 0 Å². The zero-order chi connectivity index (χ0) is 12.8. The summed E-state index contributed by atoms with van der Waals surface area (Å²) < 4.78 is 0. The molecule has 0 aliphatic heterocycles. The zero-order valence-electron chi connectivity index (χ0n) is 11.5. The fraction of sp³-hybridized carbons (Fsp3) is 0.467. The monoisotopic (exact) mass is 230 g/mol. The molecule has 17 heavy (non-hydrogen) atoms. The molecule has 0 fully saturated rings. The maximum atomic E-state index is 4.20. The van der Waals surface area contributed by atoms with Crippen LogP contribution in [0.2, 0.25) is 0 Å². The van der Waals surface area contributed by atoms with Gasteiger partial charge in [0.15, 0.2) is 0 Å². The third kappa shape index (κ3) is 3.81. The molecule has 0 saturated heterocycles. The fourth-order valence-electron chi connectivity index (χ4n) is 1.88. The summed E-state index contributed by atoms with van der Waals surface area (Å²) >= 11 is 0. The second-order valence-electron chi connectivity index (χ2n) is 4.66. The van der Waals surface area contributed by atoms with Gasteiger partial charge in [0.25, 0.3) is 0 Å². The van der Waals surface area contributed by atoms with Gasteiger partial charge in [0, 0.05) is 25.7 Å². The van der Waals surface area contributed by atoms with E-state index in [0.717, 1.165) is 6.42 Å². The Balaban J connectivity index is 2.83. The lowest BCUT2D eigenvalue weighted by atomic mass is 9.91. The average Bonchev–Trinajstić information content (AvgIpc) is 2.31. The quantitative estimate of drug-likeness (QED) is 0.725. The Labute approximate surface area is 105 Å². The van der Waals surface area contributed by atoms with Crippen molar-refractivity contribution in [2.24, 2.45) is 10.9 Å². The van der Waals surface area contributed by atoms with Crippen LogP contribution in [0.5, 0.6) is 0 Å². The number of rotatable bonds is 4. The Morgan fingerprint density at radius 3 is 2.76 bits per heavy atom. The van der Waals surface area contributed by atoms with Gasteiger partial charge in [-0.05, 0) is 55.9 Å². The Morgan fingerprint density at radius 1 is 1.47 bits per heavy atom. The van der Waals surface area contributed by atoms with Crippen LogP contribution in [0.15, 0.2) is 34.6 Å². The Hall–Kier alpha value is -1.44. The molecule has 1 atom stereocenters. The first-order valence-corrected chi connectivity index (χ1v) is 6.05. The van der Waals surface area contributed by atoms with Gasteiger partial charge < -0.3 is 0 Å². The van der Waals surface area contributed by atoms with E-state index in [0.29, 0.717) is 5.92 Å². The molecule has 1 aromatic heterocycles. The first-order valence-electron chi connectivity index (χ1n) is 6.05. The lowest BCUT2D eigenvalue weighted by Gasteiger charge is -2.15. The standard InChI is InChI=1S/C15H22N2/c1-11-6-7-17-10-15(11)8-12(2)14(4)13(3)9-16-5/h6-7,9-10,12H,8H2,1-5H3/b14-13+,16-9-. The van der Waals surface area contributed by atoms with Gasteiger partial charge in [0.1, 0.15) is 0 Å². The molecule has 2 nitrogen and oxygen atoms in total. The molecule has 0 amide bonds. The topological polar surface area (TPSA) is 25.2 Å². The predicted molar refractivity (Wildman–Crippen MR) is 74.6 cm³/mol. The largest absolute Gasteiger partial charge is 0.296 e. The molecule has 0 saturated carbocycles. The van der Waals surface area contributed by atoms with Crippen molar-refractivity contribution in [3.8, 4) is 0 Å². The Kier molecular flexibility index (Phi) is 5.08. The van der Waals surface area contributed by atoms with Crippen molar-refractivity contribution in [3.05, 3.63) is 40.7 Å². The molecule has 1 aromatic rings. The third-order valence-corrected chi connectivity index (χ3v) is 3.36. The number of hydrogen-bond donors (Lipinski definition) is 0. The minimum absolute atomic E-state index is 0.524. The van der Waals surface area contributed by atoms with E-state index in [-0.39, 0.29) is 0 Å². The van der Waals surface area contributed by atoms with Gasteiger partial charge in [0.2, 0.25) is 0 Å². The molecule has 1 unspecified atom stereocenters. The summed E-state index contributed by atoms with van der Waals surface area (Å²) in [4.78, 5) is 8.27. The third-order valence-electron chi connectivity index (χ3n) is 3.36. The van der Waals surface area contributed by atoms with Gasteiger partial charge in [-0.25, -0.2) is 0 Å². The Morgan fingerprint density at radius 2 is 2.18 bits per heavy atom. The molecular formula is C15H22N2. The number of nitrogens with zero attached hydrogens (tertiary/aromatic N) is 2. The molecule has 0 aliphatic carbocycles. The van der Waals surface area contributed by atoms with Crippen LogP contribution in [-0.2, 0) is 6.42 Å². The minimum Gasteiger partial charge on any atom is -0.296 e. The summed E-state index contributed by atoms with van der Waals surface area (Å²) in [6.45, 7) is 8.71. The number of aryl methyl sites for hydroxylation is 1. The number of aliphatic imine (C=N–C) groups is 1. The summed E-state index contributed by atoms with van der Waals surface area (Å²) in [6, 6.07) is 2.07. The van der Waals surface area contributed by atoms with Crippen molar-refractivity contribution in [3.63, 3.8) is 0 Å². The zero-order valence-corrected chi connectivity index (χ0v) is 11.5. The smallest absolute Gasteiger partial charge is 0.0302 e. The summed E-state index contributed by atoms with van der Waals surface area (Å²) in [6.07, 6.45) is 6.80. The van der Waals surface area contributed by atoms with Gasteiger partial charge in [-0.1, -0.05) is 12.5 Å². The van der Waals surface area contributed by atoms with Crippen LogP contribution in [0.1, 0.15) is 31.9 Å². The van der Waals surface area contributed by atoms with Crippen LogP contribution in [0, 0.1) is 12.8 Å². The summed E-state index contributed by atoms with van der Waals surface area (Å²) in [7, 11) is 1.81. The lowest BCUT2D eigenvalue weighted by Crippen LogP contribution is -2.05. The first-order chi connectivity index (χ1) is 8.06. The van der Waals surface area contributed by atoms with E-state index in [4.69, 9.17) is 0 Å². The van der Waals surface area contributed by atoms with Crippen molar-refractivity contribution >= 4 is 6.21 Å². The molecule has 0 spiro atoms. The van der Waals surface area contributed by atoms with Crippen LogP contribution in [-0.4, -0.2) is 18.2 Å². The molecular weight excluding hydrogens is 208 g/mol. The fourth-order valence-corrected chi connectivity index (χ4v) is 1.88. The number of allylic oxidation sites excluding steroid dienone is 2. The van der Waals surface area contributed by atoms with Crippen molar-refractivity contribution in [1.82, 2.24) is 4.98 Å². The van der Waals surface area contributed by atoms with Gasteiger partial charge in [-0.2, -0.15) is 0 Å². The molecule has 0 aromatic carbocycles. The molecule has 0 N–H and O–H groups in total. The molecule has 1 rings (SSSR count). The molecule has 1 heterocycles. The molecule has 0 aliphatic rings. The highest BCUT2D eigenvalue weighted by Gasteiger charge is 2.09. The van der Waals surface area contributed by atoms with Crippen molar-refractivity contribution in [2.45, 2.75) is 34.1 Å². The van der Waals surface area contributed by atoms with Crippen molar-refractivity contribution in [1.29, 1.82) is 0 Å². The lowest BCUT2D eigenvalue weighted by molar-refractivity contribution is 0.669. The van der Waals surface area contributed by atoms with Gasteiger partial charge in [-0.3, -0.25) is 9.98 Å². The highest BCUT2D eigenvalue weighted by atomic mass is 14.6. The maximum absolute atomic E-state index is 4.20. The van der Waals surface area contributed by atoms with Crippen molar-refractivity contribution < 1.29 is 0 Å². The van der Waals surface area contributed by atoms with Gasteiger partial charge in [-0.15, -0.1) is 0 Å². The molecule has 0 bridgehead atoms. The van der Waals surface area contributed by atoms with E-state index in [9.17, 15) is 0 Å². The summed E-state index contributed by atoms with van der Waals surface area (Å²) in [5.74, 6) is 0.524. The van der Waals surface area contributed by atoms with E-state index in [1.54, 1.807) is 0 Å². The van der Waals surface area contributed by atoms with Crippen LogP contribution < -0.4 is 0 Å². The highest BCUT2D eigenvalue weighted by molar-refractivity contribution is 5.78. The average molecular weight is 230 g/mol. The predicted octanol–water partition coefficient (Wildman–Crippen LogP) is 3.61. The van der Waals surface area contributed by atoms with E-state index in [1.165, 1.54) is 22.3 Å². The van der Waals surface area contributed by atoms with Crippen LogP contribution in [0.25, 0.3) is 0 Å². The van der Waals surface area contributed by atoms with E-state index in [2.05, 4.69) is 43.7 Å². The number of hydrogen-bond acceptors (Lipinski definition) is 2. The van der Waals surface area contributed by atoms with Crippen LogP contribution in [0.4, 0.5) is 0 Å². The minimum atomic E-state index is 0.524. The van der Waals surface area contributed by atoms with Crippen molar-refractivity contribution in [2.75, 3.05) is 7.05 Å². The normalized spacial score (nSPS) is 14.9. The SMILES string of the molecule is C/N=C\C(C)=C(/C)C(C)Cc1cnccc1C. The first kappa shape index (κ1) is 13.6. The molecule has 0 radical (unpaired) electrons. The summed E-state index contributed by atoms with van der Waals surface area (Å²) in [5, 5.41) is 0. The molecule has 92 valence electrons. The van der Waals surface area contributed by atoms with Crippen LogP contribution >= 0.6 is 0 Å². The Bertz CT molecular complexity index is 430. The number of aromatic nitrogens is 1. The highest BCUT2D eigenvalue weighted by Crippen LogP contribution is 2.20. The second-order valence-corrected chi connectivity index (χ2v) is 4.66. The second kappa shape index (κ2) is 6.33. The molecule has 2 heteroatoms. The summed E-state index contributed by atoms with van der Waals surface area (Å²) in [5.41, 5.74) is 5.32. The maximum Gasteiger partial charge on any atom is 0.0302 e. The van der Waals surface area contributed by atoms with E-state index >= 15 is 0 Å². The van der Waals surface area contributed by atoms with Gasteiger partial charge >= 0.3 is 0 Å². The van der Waals surface area contributed by atoms with E-state index in [1.807, 2.05) is 25.7 Å².